The quantitative estimate of drug-likeness (QED) is 0.353. The maximum absolute atomic E-state index is 13.0. The Kier molecular flexibility index (Phi) is 4.91. The van der Waals surface area contributed by atoms with Gasteiger partial charge in [-0.05, 0) is 66.6 Å². The van der Waals surface area contributed by atoms with Gasteiger partial charge in [-0.15, -0.1) is 0 Å². The smallest absolute Gasteiger partial charge is 0.271 e. The van der Waals surface area contributed by atoms with Crippen molar-refractivity contribution in [3.05, 3.63) is 77.4 Å². The third kappa shape index (κ3) is 3.30. The number of allylic oxidation sites excluding steroid dienone is 2. The molecule has 6 rings (SSSR count). The first-order chi connectivity index (χ1) is 15.6. The van der Waals surface area contributed by atoms with Gasteiger partial charge in [-0.3, -0.25) is 19.3 Å². The minimum Gasteiger partial charge on any atom is -0.274 e. The maximum atomic E-state index is 13.0. The molecule has 1 aliphatic heterocycles. The topological polar surface area (TPSA) is 103 Å². The second-order valence-electron chi connectivity index (χ2n) is 8.33. The molecule has 3 aliphatic carbocycles. The number of rotatable bonds is 4. The van der Waals surface area contributed by atoms with Crippen molar-refractivity contribution in [1.82, 2.24) is 5.43 Å². The van der Waals surface area contributed by atoms with Gasteiger partial charge in [0.25, 0.3) is 5.91 Å². The van der Waals surface area contributed by atoms with E-state index in [-0.39, 0.29) is 35.5 Å². The third-order valence-electron chi connectivity index (χ3n) is 6.57. The lowest BCUT2D eigenvalue weighted by molar-refractivity contribution is -0.124. The van der Waals surface area contributed by atoms with Crippen LogP contribution >= 0.6 is 0 Å². The van der Waals surface area contributed by atoms with Crippen molar-refractivity contribution in [1.29, 1.82) is 5.26 Å². The van der Waals surface area contributed by atoms with Gasteiger partial charge in [0.1, 0.15) is 0 Å². The molecule has 4 unspecified atom stereocenters. The number of imide groups is 1. The monoisotopic (exact) mass is 424 g/mol. The molecule has 32 heavy (non-hydrogen) atoms. The van der Waals surface area contributed by atoms with Crippen LogP contribution in [-0.4, -0.2) is 23.9 Å². The Morgan fingerprint density at radius 1 is 0.969 bits per heavy atom. The van der Waals surface area contributed by atoms with Gasteiger partial charge in [0, 0.05) is 5.56 Å². The predicted octanol–water partition coefficient (Wildman–Crippen LogP) is 3.02. The number of amides is 3. The number of hydrazone groups is 1. The van der Waals surface area contributed by atoms with Crippen LogP contribution in [0.2, 0.25) is 0 Å². The highest BCUT2D eigenvalue weighted by molar-refractivity contribution is 6.22. The molecule has 2 fully saturated rings. The fourth-order valence-corrected chi connectivity index (χ4v) is 4.96. The maximum Gasteiger partial charge on any atom is 0.271 e. The van der Waals surface area contributed by atoms with Crippen LogP contribution in [0.5, 0.6) is 0 Å². The van der Waals surface area contributed by atoms with E-state index >= 15 is 0 Å². The van der Waals surface area contributed by atoms with E-state index in [9.17, 15) is 14.4 Å². The molecule has 7 nitrogen and oxygen atoms in total. The largest absolute Gasteiger partial charge is 0.274 e. The highest BCUT2D eigenvalue weighted by Gasteiger charge is 2.56. The molecular weight excluding hydrogens is 404 g/mol. The number of carbonyl (C=O) groups excluding carboxylic acids is 3. The number of carbonyl (C=O) groups is 3. The summed E-state index contributed by atoms with van der Waals surface area (Å²) in [6.45, 7) is 0. The number of nitrogens with zero attached hydrogens (tertiary/aromatic N) is 3. The average Bonchev–Trinajstić information content (AvgIpc) is 3.12. The van der Waals surface area contributed by atoms with Gasteiger partial charge in [-0.2, -0.15) is 10.4 Å². The van der Waals surface area contributed by atoms with Crippen molar-refractivity contribution in [3.8, 4) is 6.07 Å². The molecule has 1 heterocycles. The van der Waals surface area contributed by atoms with Gasteiger partial charge in [-0.25, -0.2) is 5.43 Å². The van der Waals surface area contributed by atoms with E-state index < -0.39 is 5.91 Å². The van der Waals surface area contributed by atoms with E-state index in [1.165, 1.54) is 11.1 Å². The van der Waals surface area contributed by atoms with Gasteiger partial charge in [-0.1, -0.05) is 24.3 Å². The Morgan fingerprint density at radius 2 is 1.56 bits per heavy atom. The molecule has 0 aromatic heterocycles. The number of nitrogens with one attached hydrogen (secondary N) is 1. The zero-order chi connectivity index (χ0) is 22.2. The number of nitriles is 1. The highest BCUT2D eigenvalue weighted by atomic mass is 16.2. The molecule has 2 aromatic rings. The summed E-state index contributed by atoms with van der Waals surface area (Å²) in [5.41, 5.74) is 4.60. The third-order valence-corrected chi connectivity index (χ3v) is 6.57. The lowest BCUT2D eigenvalue weighted by Crippen LogP contribution is -2.38. The zero-order valence-corrected chi connectivity index (χ0v) is 17.1. The first-order valence-electron chi connectivity index (χ1n) is 10.6. The molecular formula is C25H20N4O3. The van der Waals surface area contributed by atoms with E-state index in [0.717, 1.165) is 18.4 Å². The van der Waals surface area contributed by atoms with Crippen LogP contribution in [0, 0.1) is 35.0 Å². The van der Waals surface area contributed by atoms with Crippen LogP contribution in [0.25, 0.3) is 0 Å². The molecule has 0 radical (unpaired) electrons. The Bertz CT molecular complexity index is 1160. The standard InChI is InChI=1S/C25H20N4O3/c26-13-15-1-3-16(4-2-15)14-27-28-23(30)19-9-11-20(12-10-19)29-24(31)21-17-5-6-18(8-7-17)22(21)25(29)32/h1-6,9-12,14,17-18,21-22H,7-8H2,(H,28,30). The molecule has 1 N–H and O–H groups in total. The SMILES string of the molecule is N#Cc1ccc(C=NNC(=O)c2ccc(N3C(=O)C4C5C=CC(CC5)C4C3=O)cc2)cc1. The van der Waals surface area contributed by atoms with Crippen LogP contribution in [-0.2, 0) is 9.59 Å². The normalized spacial score (nSPS) is 25.8. The molecule has 7 heteroatoms. The molecule has 4 aliphatic rings. The van der Waals surface area contributed by atoms with E-state index in [1.807, 2.05) is 6.07 Å². The summed E-state index contributed by atoms with van der Waals surface area (Å²) in [5, 5.41) is 12.8. The molecule has 2 aromatic carbocycles. The van der Waals surface area contributed by atoms with Crippen LogP contribution in [0.3, 0.4) is 0 Å². The fourth-order valence-electron chi connectivity index (χ4n) is 4.96. The molecule has 1 saturated carbocycles. The van der Waals surface area contributed by atoms with Crippen molar-refractivity contribution in [3.63, 3.8) is 0 Å². The predicted molar refractivity (Wildman–Crippen MR) is 117 cm³/mol. The zero-order valence-electron chi connectivity index (χ0n) is 17.1. The van der Waals surface area contributed by atoms with Gasteiger partial charge in [0.2, 0.25) is 11.8 Å². The molecule has 158 valence electrons. The number of anilines is 1. The number of hydrogen-bond acceptors (Lipinski definition) is 5. The average molecular weight is 424 g/mol. The number of hydrogen-bond donors (Lipinski definition) is 1. The molecule has 4 atom stereocenters. The first-order valence-corrected chi connectivity index (χ1v) is 10.6. The minimum absolute atomic E-state index is 0.136. The van der Waals surface area contributed by atoms with Gasteiger partial charge in [0.15, 0.2) is 0 Å². The Labute approximate surface area is 185 Å². The Hall–Kier alpha value is -4.05. The molecule has 1 saturated heterocycles. The minimum atomic E-state index is -0.406. The second kappa shape index (κ2) is 7.89. The molecule has 0 spiro atoms. The van der Waals surface area contributed by atoms with E-state index in [0.29, 0.717) is 16.8 Å². The first kappa shape index (κ1) is 19.9. The van der Waals surface area contributed by atoms with Gasteiger partial charge < -0.3 is 0 Å². The van der Waals surface area contributed by atoms with Crippen molar-refractivity contribution in [2.75, 3.05) is 4.90 Å². The van der Waals surface area contributed by atoms with Crippen molar-refractivity contribution in [2.24, 2.45) is 28.8 Å². The van der Waals surface area contributed by atoms with Crippen LogP contribution < -0.4 is 10.3 Å². The van der Waals surface area contributed by atoms with E-state index in [1.54, 1.807) is 48.5 Å². The summed E-state index contributed by atoms with van der Waals surface area (Å²) < 4.78 is 0. The summed E-state index contributed by atoms with van der Waals surface area (Å²) in [7, 11) is 0. The Morgan fingerprint density at radius 3 is 2.09 bits per heavy atom. The summed E-state index contributed by atoms with van der Waals surface area (Å²) >= 11 is 0. The van der Waals surface area contributed by atoms with E-state index in [4.69, 9.17) is 5.26 Å². The number of benzene rings is 2. The summed E-state index contributed by atoms with van der Waals surface area (Å²) in [6, 6.07) is 15.2. The van der Waals surface area contributed by atoms with Crippen LogP contribution in [0.4, 0.5) is 5.69 Å². The number of fused-ring (bicyclic) bond motifs is 1. The lowest BCUT2D eigenvalue weighted by Gasteiger charge is -2.38. The van der Waals surface area contributed by atoms with Crippen molar-refractivity contribution < 1.29 is 14.4 Å². The fraction of sp³-hybridized carbons (Fsp3) is 0.240. The van der Waals surface area contributed by atoms with Crippen LogP contribution in [0.15, 0.2) is 65.8 Å². The van der Waals surface area contributed by atoms with E-state index in [2.05, 4.69) is 22.7 Å². The van der Waals surface area contributed by atoms with Crippen molar-refractivity contribution >= 4 is 29.6 Å². The lowest BCUT2D eigenvalue weighted by atomic mass is 9.63. The summed E-state index contributed by atoms with van der Waals surface area (Å²) in [5.74, 6) is -0.907. The molecule has 3 amide bonds. The Balaban J connectivity index is 1.26. The van der Waals surface area contributed by atoms with Crippen molar-refractivity contribution in [2.45, 2.75) is 12.8 Å². The highest BCUT2D eigenvalue weighted by Crippen LogP contribution is 2.50. The van der Waals surface area contributed by atoms with Crippen LogP contribution in [0.1, 0.15) is 34.3 Å². The van der Waals surface area contributed by atoms with Gasteiger partial charge in [0.05, 0.1) is 35.4 Å². The summed E-state index contributed by atoms with van der Waals surface area (Å²) in [6.07, 6.45) is 7.58. The molecule has 2 bridgehead atoms. The summed E-state index contributed by atoms with van der Waals surface area (Å²) in [4.78, 5) is 39.7. The van der Waals surface area contributed by atoms with Gasteiger partial charge >= 0.3 is 0 Å². The second-order valence-corrected chi connectivity index (χ2v) is 8.33.